The first kappa shape index (κ1) is 9.48. The number of nitrogens with zero attached hydrogens (tertiary/aromatic N) is 2. The van der Waals surface area contributed by atoms with E-state index >= 15 is 0 Å². The van der Waals surface area contributed by atoms with E-state index in [-0.39, 0.29) is 11.3 Å². The number of rotatable bonds is 2. The molecule has 0 radical (unpaired) electrons. The van der Waals surface area contributed by atoms with Gasteiger partial charge in [0.2, 0.25) is 0 Å². The molecule has 0 aliphatic heterocycles. The molecule has 0 aromatic carbocycles. The topological polar surface area (TPSA) is 80.1 Å². The van der Waals surface area contributed by atoms with Gasteiger partial charge in [-0.2, -0.15) is 13.7 Å². The predicted octanol–water partition coefficient (Wildman–Crippen LogP) is 0.292. The van der Waals surface area contributed by atoms with Crippen molar-refractivity contribution in [3.8, 4) is 11.8 Å². The van der Waals surface area contributed by atoms with Crippen molar-refractivity contribution in [1.82, 2.24) is 4.98 Å². The predicted molar refractivity (Wildman–Crippen MR) is 44.4 cm³/mol. The summed E-state index contributed by atoms with van der Waals surface area (Å²) in [4.78, 5) is 3.63. The highest BCUT2D eigenvalue weighted by molar-refractivity contribution is 7.86. The van der Waals surface area contributed by atoms with Gasteiger partial charge >= 0.3 is 10.1 Å². The lowest BCUT2D eigenvalue weighted by atomic mass is 10.3. The zero-order chi connectivity index (χ0) is 9.90. The first-order chi connectivity index (χ1) is 6.01. The first-order valence-electron chi connectivity index (χ1n) is 3.26. The minimum Gasteiger partial charge on any atom is -0.381 e. The molecule has 0 fully saturated rings. The minimum absolute atomic E-state index is 0.0431. The molecule has 0 amide bonds. The molecule has 0 N–H and O–H groups in total. The van der Waals surface area contributed by atoms with Crippen LogP contribution in [0.2, 0.25) is 0 Å². The summed E-state index contributed by atoms with van der Waals surface area (Å²) in [6, 6.07) is 3.12. The van der Waals surface area contributed by atoms with Gasteiger partial charge in [-0.1, -0.05) is 0 Å². The van der Waals surface area contributed by atoms with E-state index in [9.17, 15) is 8.42 Å². The van der Waals surface area contributed by atoms with E-state index in [2.05, 4.69) is 9.17 Å². The van der Waals surface area contributed by atoms with Crippen molar-refractivity contribution in [2.45, 2.75) is 0 Å². The van der Waals surface area contributed by atoms with E-state index in [4.69, 9.17) is 5.26 Å². The van der Waals surface area contributed by atoms with Crippen LogP contribution in [0.5, 0.6) is 5.75 Å². The molecule has 0 aliphatic carbocycles. The van der Waals surface area contributed by atoms with Gasteiger partial charge in [0.15, 0.2) is 5.75 Å². The molecule has 0 saturated carbocycles. The standard InChI is InChI=1S/C7H6N2O3S/c1-13(10,11)12-7-2-6(3-8)4-9-5-7/h2,4-5H,1H3. The van der Waals surface area contributed by atoms with Gasteiger partial charge in [0.25, 0.3) is 0 Å². The maximum atomic E-state index is 10.7. The van der Waals surface area contributed by atoms with Crippen LogP contribution in [0.15, 0.2) is 18.5 Å². The number of hydrogen-bond donors (Lipinski definition) is 0. The van der Waals surface area contributed by atoms with Crippen molar-refractivity contribution in [2.75, 3.05) is 6.26 Å². The van der Waals surface area contributed by atoms with Gasteiger partial charge in [-0.15, -0.1) is 0 Å². The summed E-state index contributed by atoms with van der Waals surface area (Å²) in [6.45, 7) is 0. The molecule has 6 heteroatoms. The monoisotopic (exact) mass is 198 g/mol. The van der Waals surface area contributed by atoms with Crippen molar-refractivity contribution >= 4 is 10.1 Å². The lowest BCUT2D eigenvalue weighted by molar-refractivity contribution is 0.491. The summed E-state index contributed by atoms with van der Waals surface area (Å²) in [5, 5.41) is 8.47. The lowest BCUT2D eigenvalue weighted by Crippen LogP contribution is -2.05. The molecular formula is C7H6N2O3S. The smallest absolute Gasteiger partial charge is 0.306 e. The van der Waals surface area contributed by atoms with E-state index in [0.717, 1.165) is 6.26 Å². The zero-order valence-corrected chi connectivity index (χ0v) is 7.58. The summed E-state index contributed by atoms with van der Waals surface area (Å²) in [6.07, 6.45) is 3.46. The fourth-order valence-corrected chi connectivity index (χ4v) is 1.14. The molecule has 0 saturated heterocycles. The molecule has 1 heterocycles. The van der Waals surface area contributed by atoms with Crippen LogP contribution < -0.4 is 4.18 Å². The molecule has 0 spiro atoms. The zero-order valence-electron chi connectivity index (χ0n) is 6.76. The quantitative estimate of drug-likeness (QED) is 0.638. The number of aromatic nitrogens is 1. The Labute approximate surface area is 75.7 Å². The van der Waals surface area contributed by atoms with Crippen molar-refractivity contribution in [2.24, 2.45) is 0 Å². The van der Waals surface area contributed by atoms with E-state index in [0.29, 0.717) is 0 Å². The highest BCUT2D eigenvalue weighted by Crippen LogP contribution is 2.11. The van der Waals surface area contributed by atoms with E-state index < -0.39 is 10.1 Å². The molecule has 1 aromatic rings. The Balaban J connectivity index is 2.99. The Kier molecular flexibility index (Phi) is 2.49. The highest BCUT2D eigenvalue weighted by atomic mass is 32.2. The van der Waals surface area contributed by atoms with Crippen molar-refractivity contribution in [1.29, 1.82) is 5.26 Å². The maximum absolute atomic E-state index is 10.7. The third-order valence-corrected chi connectivity index (χ3v) is 1.59. The molecule has 1 aromatic heterocycles. The van der Waals surface area contributed by atoms with Gasteiger partial charge in [-0.3, -0.25) is 4.98 Å². The summed E-state index contributed by atoms with van der Waals surface area (Å²) < 4.78 is 25.8. The van der Waals surface area contributed by atoms with Crippen molar-refractivity contribution < 1.29 is 12.6 Å². The molecule has 0 aliphatic rings. The van der Waals surface area contributed by atoms with Crippen LogP contribution in [0, 0.1) is 11.3 Å². The van der Waals surface area contributed by atoms with Crippen LogP contribution in [0.4, 0.5) is 0 Å². The van der Waals surface area contributed by atoms with Crippen LogP contribution in [0.3, 0.4) is 0 Å². The molecule has 0 atom stereocenters. The Morgan fingerprint density at radius 2 is 2.23 bits per heavy atom. The van der Waals surface area contributed by atoms with Gasteiger partial charge in [0.05, 0.1) is 18.0 Å². The average molecular weight is 198 g/mol. The summed E-state index contributed by atoms with van der Waals surface area (Å²) in [5.41, 5.74) is 0.251. The van der Waals surface area contributed by atoms with Crippen LogP contribution in [-0.2, 0) is 10.1 Å². The third-order valence-electron chi connectivity index (χ3n) is 1.09. The maximum Gasteiger partial charge on any atom is 0.306 e. The Morgan fingerprint density at radius 3 is 2.77 bits per heavy atom. The van der Waals surface area contributed by atoms with Crippen molar-refractivity contribution in [3.63, 3.8) is 0 Å². The molecule has 0 unspecified atom stereocenters. The Bertz CT molecular complexity index is 447. The Morgan fingerprint density at radius 1 is 1.54 bits per heavy atom. The summed E-state index contributed by atoms with van der Waals surface area (Å²) >= 11 is 0. The lowest BCUT2D eigenvalue weighted by Gasteiger charge is -2.00. The van der Waals surface area contributed by atoms with E-state index in [1.807, 2.05) is 6.07 Å². The minimum atomic E-state index is -3.55. The number of hydrogen-bond acceptors (Lipinski definition) is 5. The van der Waals surface area contributed by atoms with Gasteiger partial charge in [0.1, 0.15) is 6.07 Å². The van der Waals surface area contributed by atoms with Gasteiger partial charge in [0, 0.05) is 12.3 Å². The second kappa shape index (κ2) is 3.41. The van der Waals surface area contributed by atoms with Crippen molar-refractivity contribution in [3.05, 3.63) is 24.0 Å². The molecule has 13 heavy (non-hydrogen) atoms. The first-order valence-corrected chi connectivity index (χ1v) is 5.07. The molecule has 0 bridgehead atoms. The van der Waals surface area contributed by atoms with Gasteiger partial charge in [-0.25, -0.2) is 0 Å². The molecule has 5 nitrogen and oxygen atoms in total. The third kappa shape index (κ3) is 3.09. The fraction of sp³-hybridized carbons (Fsp3) is 0.143. The van der Waals surface area contributed by atoms with Gasteiger partial charge in [-0.05, 0) is 0 Å². The fourth-order valence-electron chi connectivity index (χ4n) is 0.700. The second-order valence-electron chi connectivity index (χ2n) is 2.31. The van der Waals surface area contributed by atoms with Crippen LogP contribution in [-0.4, -0.2) is 19.7 Å². The second-order valence-corrected chi connectivity index (χ2v) is 3.88. The van der Waals surface area contributed by atoms with Crippen LogP contribution in [0.1, 0.15) is 5.56 Å². The summed E-state index contributed by atoms with van der Waals surface area (Å²) in [5.74, 6) is 0.0431. The molecule has 1 rings (SSSR count). The average Bonchev–Trinajstić information content (AvgIpc) is 2.01. The van der Waals surface area contributed by atoms with Crippen LogP contribution in [0.25, 0.3) is 0 Å². The molecule has 68 valence electrons. The largest absolute Gasteiger partial charge is 0.381 e. The van der Waals surface area contributed by atoms with Crippen LogP contribution >= 0.6 is 0 Å². The Hall–Kier alpha value is -1.61. The highest BCUT2D eigenvalue weighted by Gasteiger charge is 2.04. The number of nitriles is 1. The van der Waals surface area contributed by atoms with E-state index in [1.54, 1.807) is 0 Å². The summed E-state index contributed by atoms with van der Waals surface area (Å²) in [7, 11) is -3.55. The van der Waals surface area contributed by atoms with Gasteiger partial charge < -0.3 is 4.18 Å². The number of pyridine rings is 1. The normalized spacial score (nSPS) is 10.5. The van der Waals surface area contributed by atoms with E-state index in [1.165, 1.54) is 18.5 Å². The SMILES string of the molecule is CS(=O)(=O)Oc1cncc(C#N)c1. The molecular weight excluding hydrogens is 192 g/mol.